The summed E-state index contributed by atoms with van der Waals surface area (Å²) < 4.78 is 1.58. The molecule has 0 saturated carbocycles. The Labute approximate surface area is 157 Å². The van der Waals surface area contributed by atoms with Crippen molar-refractivity contribution in [2.45, 2.75) is 0 Å². The third-order valence-electron chi connectivity index (χ3n) is 0.743. The van der Waals surface area contributed by atoms with Gasteiger partial charge in [0.25, 0.3) is 0 Å². The van der Waals surface area contributed by atoms with Gasteiger partial charge in [0.2, 0.25) is 0 Å². The fourth-order valence-corrected chi connectivity index (χ4v) is 0.807. The summed E-state index contributed by atoms with van der Waals surface area (Å²) >= 11 is 26.8. The van der Waals surface area contributed by atoms with Gasteiger partial charge in [0.1, 0.15) is 0 Å². The van der Waals surface area contributed by atoms with Gasteiger partial charge in [0.05, 0.1) is 0 Å². The van der Waals surface area contributed by atoms with Crippen LogP contribution in [0.3, 0.4) is 0 Å². The quantitative estimate of drug-likeness (QED) is 0.292. The van der Waals surface area contributed by atoms with Crippen LogP contribution in [0.2, 0.25) is 0 Å². The van der Waals surface area contributed by atoms with E-state index in [0.717, 1.165) is 0 Å². The molecule has 10 heteroatoms. The van der Waals surface area contributed by atoms with E-state index in [1.807, 2.05) is 38.0 Å². The normalized spacial score (nSPS) is 6.89. The summed E-state index contributed by atoms with van der Waals surface area (Å²) in [5.74, 6) is 0. The molecule has 1 rings (SSSR count). The molecule has 0 fully saturated rings. The molecule has 3 nitrogen and oxygen atoms in total. The first kappa shape index (κ1) is 24.3. The van der Waals surface area contributed by atoms with Gasteiger partial charge in [0.15, 0.2) is 0 Å². The number of nitrogens with two attached hydrogens (primary N) is 3. The molecule has 1 aromatic carbocycles. The number of benzene rings is 1. The van der Waals surface area contributed by atoms with Crippen LogP contribution >= 0.6 is 36.7 Å². The molecule has 0 heterocycles. The van der Waals surface area contributed by atoms with Crippen molar-refractivity contribution >= 4 is 91.5 Å². The monoisotopic (exact) mass is 451 g/mol. The third-order valence-corrected chi connectivity index (χ3v) is 1.41. The summed E-state index contributed by atoms with van der Waals surface area (Å²) in [5, 5.41) is 0. The molecule has 0 aliphatic heterocycles. The SMILES string of the molecule is NC(=S)[S-].NC(=S)[S-].NC(=S)[S-].[Mo+3][c]1ccccc1. The maximum atomic E-state index is 4.66. The van der Waals surface area contributed by atoms with Gasteiger partial charge in [-0.1, -0.05) is 13.0 Å². The minimum atomic E-state index is 0.0833. The van der Waals surface area contributed by atoms with Gasteiger partial charge in [0, 0.05) is 0 Å². The second-order valence-corrected chi connectivity index (χ2v) is 6.84. The minimum absolute atomic E-state index is 0.0833. The second kappa shape index (κ2) is 18.2. The molecule has 0 saturated heterocycles. The van der Waals surface area contributed by atoms with Crippen LogP contribution < -0.4 is 21.2 Å². The zero-order chi connectivity index (χ0) is 15.8. The van der Waals surface area contributed by atoms with E-state index in [1.54, 1.807) is 0 Å². The number of rotatable bonds is 0. The van der Waals surface area contributed by atoms with Gasteiger partial charge < -0.3 is 91.7 Å². The Bertz CT molecular complexity index is 333. The Morgan fingerprint density at radius 2 is 1.00 bits per heavy atom. The number of hydrogen-bond donors (Lipinski definition) is 3. The van der Waals surface area contributed by atoms with Crippen LogP contribution in [0.15, 0.2) is 30.3 Å². The predicted molar refractivity (Wildman–Crippen MR) is 98.5 cm³/mol. The molecule has 1 aromatic rings. The van der Waals surface area contributed by atoms with Gasteiger partial charge in [-0.3, -0.25) is 0 Å². The summed E-state index contributed by atoms with van der Waals surface area (Å²) in [5.41, 5.74) is 14.0. The summed E-state index contributed by atoms with van der Waals surface area (Å²) in [4.78, 5) is 0. The average Bonchev–Trinajstić information content (AvgIpc) is 2.15. The van der Waals surface area contributed by atoms with Crippen molar-refractivity contribution in [3.8, 4) is 0 Å². The average molecular weight is 450 g/mol. The van der Waals surface area contributed by atoms with Crippen molar-refractivity contribution in [3.63, 3.8) is 0 Å². The van der Waals surface area contributed by atoms with Crippen molar-refractivity contribution in [3.05, 3.63) is 30.3 Å². The van der Waals surface area contributed by atoms with Crippen LogP contribution in [-0.4, -0.2) is 13.0 Å². The summed E-state index contributed by atoms with van der Waals surface area (Å²) in [6.07, 6.45) is 0. The Morgan fingerprint density at radius 1 is 0.789 bits per heavy atom. The van der Waals surface area contributed by atoms with Gasteiger partial charge in [-0.2, -0.15) is 0 Å². The van der Waals surface area contributed by atoms with Crippen LogP contribution in [0.1, 0.15) is 0 Å². The van der Waals surface area contributed by atoms with Crippen molar-refractivity contribution < 1.29 is 19.8 Å². The molecule has 0 unspecified atom stereocenters. The first-order valence-electron chi connectivity index (χ1n) is 4.21. The molecule has 0 aliphatic rings. The first-order valence-corrected chi connectivity index (χ1v) is 7.66. The van der Waals surface area contributed by atoms with Crippen molar-refractivity contribution in [2.75, 3.05) is 0 Å². The van der Waals surface area contributed by atoms with E-state index in [2.05, 4.69) is 104 Å². The van der Waals surface area contributed by atoms with E-state index < -0.39 is 0 Å². The van der Waals surface area contributed by atoms with Crippen molar-refractivity contribution in [1.29, 1.82) is 0 Å². The molecule has 19 heavy (non-hydrogen) atoms. The van der Waals surface area contributed by atoms with E-state index in [-0.39, 0.29) is 13.0 Å². The molecular formula is C9H11MoN3S6. The molecule has 104 valence electrons. The Morgan fingerprint density at radius 3 is 1.11 bits per heavy atom. The predicted octanol–water partition coefficient (Wildman–Crippen LogP) is 0.189. The standard InChI is InChI=1S/C6H5.3CH3NS2.Mo/c1-2-4-6-5-3-1;3*2-1(3)4;/h1-5H;3*(H3,2,3,4);/q;;;;+3/p-3. The third kappa shape index (κ3) is 70.9. The Hall–Kier alpha value is 0.238. The van der Waals surface area contributed by atoms with Crippen molar-refractivity contribution in [1.82, 2.24) is 0 Å². The van der Waals surface area contributed by atoms with E-state index in [4.69, 9.17) is 0 Å². The first-order chi connectivity index (χ1) is 8.59. The zero-order valence-electron chi connectivity index (χ0n) is 9.48. The zero-order valence-corrected chi connectivity index (χ0v) is 16.4. The van der Waals surface area contributed by atoms with Crippen LogP contribution in [0.4, 0.5) is 0 Å². The molecule has 0 spiro atoms. The fourth-order valence-electron chi connectivity index (χ4n) is 0.420. The van der Waals surface area contributed by atoms with E-state index in [0.29, 0.717) is 0 Å². The number of hydrogen-bond acceptors (Lipinski definition) is 6. The molecule has 0 aliphatic carbocycles. The van der Waals surface area contributed by atoms with E-state index in [9.17, 15) is 0 Å². The summed E-state index contributed by atoms with van der Waals surface area (Å²) in [6, 6.07) is 10.3. The van der Waals surface area contributed by atoms with Gasteiger partial charge in [-0.15, -0.1) is 0 Å². The van der Waals surface area contributed by atoms with Crippen LogP contribution in [-0.2, 0) is 57.7 Å². The van der Waals surface area contributed by atoms with Crippen molar-refractivity contribution in [2.24, 2.45) is 17.2 Å². The molecule has 0 aromatic heterocycles. The summed E-state index contributed by atoms with van der Waals surface area (Å²) in [7, 11) is 0. The fraction of sp³-hybridized carbons (Fsp3) is 0. The second-order valence-electron chi connectivity index (χ2n) is 2.27. The summed E-state index contributed by atoms with van der Waals surface area (Å²) in [6.45, 7) is 0. The molecule has 0 bridgehead atoms. The maximum absolute atomic E-state index is 4.66. The molecule has 0 radical (unpaired) electrons. The molecule has 0 atom stereocenters. The van der Waals surface area contributed by atoms with E-state index >= 15 is 0 Å². The molecule has 0 amide bonds. The van der Waals surface area contributed by atoms with Gasteiger partial charge >= 0.3 is 54.1 Å². The topological polar surface area (TPSA) is 78.1 Å². The number of thiocarbonyl (C=S) groups is 3. The van der Waals surface area contributed by atoms with Gasteiger partial charge in [-0.25, -0.2) is 0 Å². The van der Waals surface area contributed by atoms with Crippen LogP contribution in [0, 0.1) is 0 Å². The Balaban J connectivity index is -0.000000189. The van der Waals surface area contributed by atoms with E-state index in [1.165, 1.54) is 3.95 Å². The van der Waals surface area contributed by atoms with Crippen LogP contribution in [0.25, 0.3) is 0 Å². The van der Waals surface area contributed by atoms with Gasteiger partial charge in [-0.05, 0) is 0 Å². The molecule has 6 N–H and O–H groups in total. The van der Waals surface area contributed by atoms with Crippen LogP contribution in [0.5, 0.6) is 0 Å². The molecular weight excluding hydrogens is 438 g/mol. The Kier molecular flexibility index (Phi) is 23.3.